The number of benzene rings is 4. The molecule has 0 aromatic heterocycles. The van der Waals surface area contributed by atoms with Gasteiger partial charge in [-0.1, -0.05) is 0 Å². The molecule has 0 amide bonds. The number of carbonyl (C=O) groups excluding carboxylic acids is 1. The Kier molecular flexibility index (Phi) is 7.38. The van der Waals surface area contributed by atoms with Gasteiger partial charge in [0.1, 0.15) is 11.5 Å². The van der Waals surface area contributed by atoms with Gasteiger partial charge in [0.05, 0.1) is 31.8 Å². The lowest BCUT2D eigenvalue weighted by Crippen LogP contribution is -2.01. The van der Waals surface area contributed by atoms with Gasteiger partial charge in [0.2, 0.25) is 11.5 Å². The first-order chi connectivity index (χ1) is 19.0. The van der Waals surface area contributed by atoms with Crippen LogP contribution < -0.4 is 9.47 Å². The Morgan fingerprint density at radius 2 is 0.850 bits per heavy atom. The molecule has 0 spiro atoms. The van der Waals surface area contributed by atoms with Crippen LogP contribution >= 0.6 is 0 Å². The molecule has 4 aromatic rings. The topological polar surface area (TPSA) is 208 Å². The lowest BCUT2D eigenvalue weighted by Gasteiger charge is -2.08. The predicted octanol–water partition coefficient (Wildman–Crippen LogP) is 6.14. The van der Waals surface area contributed by atoms with Gasteiger partial charge in [-0.15, -0.1) is 0 Å². The van der Waals surface area contributed by atoms with Gasteiger partial charge in [0.25, 0.3) is 11.4 Å². The zero-order valence-electron chi connectivity index (χ0n) is 19.9. The first-order valence-electron chi connectivity index (χ1n) is 11.0. The molecule has 0 aliphatic rings. The summed E-state index contributed by atoms with van der Waals surface area (Å²) in [5, 5.41) is 44.4. The van der Waals surface area contributed by atoms with Crippen molar-refractivity contribution < 1.29 is 34.0 Å². The zero-order valence-corrected chi connectivity index (χ0v) is 19.9. The Bertz CT molecular complexity index is 1550. The van der Waals surface area contributed by atoms with E-state index in [2.05, 4.69) is 0 Å². The minimum Gasteiger partial charge on any atom is -0.450 e. The number of hydrogen-bond acceptors (Lipinski definition) is 11. The molecule has 40 heavy (non-hydrogen) atoms. The minimum atomic E-state index is -0.812. The van der Waals surface area contributed by atoms with Crippen LogP contribution in [0.5, 0.6) is 23.0 Å². The van der Waals surface area contributed by atoms with Crippen LogP contribution in [-0.4, -0.2) is 25.5 Å². The van der Waals surface area contributed by atoms with Gasteiger partial charge in [-0.05, 0) is 60.7 Å². The van der Waals surface area contributed by atoms with E-state index in [9.17, 15) is 45.3 Å². The van der Waals surface area contributed by atoms with Gasteiger partial charge >= 0.3 is 11.4 Å². The monoisotopic (exact) mass is 546 g/mol. The van der Waals surface area contributed by atoms with Crippen molar-refractivity contribution in [2.24, 2.45) is 0 Å². The van der Waals surface area contributed by atoms with Gasteiger partial charge in [0.15, 0.2) is 5.78 Å². The predicted molar refractivity (Wildman–Crippen MR) is 136 cm³/mol. The fraction of sp³-hybridized carbons (Fsp3) is 0. The van der Waals surface area contributed by atoms with E-state index in [1.54, 1.807) is 0 Å². The SMILES string of the molecule is O=C(c1ccc(Oc2ccc([N+](=O)[O-])cc2[N+](=O)[O-])cc1)c1ccc(Oc2ccc([N+](=O)[O-])cc2[N+](=O)[O-])cc1. The second-order valence-electron chi connectivity index (χ2n) is 7.91. The molecule has 15 nitrogen and oxygen atoms in total. The van der Waals surface area contributed by atoms with Crippen LogP contribution in [0, 0.1) is 40.5 Å². The number of non-ortho nitro benzene ring substituents is 2. The fourth-order valence-corrected chi connectivity index (χ4v) is 3.47. The van der Waals surface area contributed by atoms with Crippen molar-refractivity contribution in [1.29, 1.82) is 0 Å². The van der Waals surface area contributed by atoms with Crippen molar-refractivity contribution in [3.63, 3.8) is 0 Å². The van der Waals surface area contributed by atoms with Gasteiger partial charge in [0, 0.05) is 23.3 Å². The van der Waals surface area contributed by atoms with E-state index in [1.165, 1.54) is 48.5 Å². The molecule has 0 saturated carbocycles. The Balaban J connectivity index is 1.48. The molecule has 0 N–H and O–H groups in total. The summed E-state index contributed by atoms with van der Waals surface area (Å²) in [5.74, 6) is -0.568. The van der Waals surface area contributed by atoms with E-state index in [-0.39, 0.29) is 34.1 Å². The summed E-state index contributed by atoms with van der Waals surface area (Å²) in [5.41, 5.74) is -1.66. The zero-order chi connectivity index (χ0) is 29.0. The molecule has 0 atom stereocenters. The van der Waals surface area contributed by atoms with E-state index >= 15 is 0 Å². The van der Waals surface area contributed by atoms with E-state index in [1.807, 2.05) is 0 Å². The van der Waals surface area contributed by atoms with Crippen LogP contribution in [0.2, 0.25) is 0 Å². The number of nitro benzene ring substituents is 4. The minimum absolute atomic E-state index is 0.141. The molecular formula is C25H14N4O11. The lowest BCUT2D eigenvalue weighted by molar-refractivity contribution is -0.394. The van der Waals surface area contributed by atoms with Crippen molar-refractivity contribution in [3.05, 3.63) is 137 Å². The van der Waals surface area contributed by atoms with Crippen LogP contribution in [0.4, 0.5) is 22.7 Å². The third-order valence-electron chi connectivity index (χ3n) is 5.39. The first-order valence-corrected chi connectivity index (χ1v) is 11.0. The van der Waals surface area contributed by atoms with Crippen molar-refractivity contribution in [2.45, 2.75) is 0 Å². The Hall–Kier alpha value is -6.25. The number of nitro groups is 4. The average Bonchev–Trinajstić information content (AvgIpc) is 2.93. The van der Waals surface area contributed by atoms with Crippen LogP contribution in [-0.2, 0) is 0 Å². The molecule has 0 aliphatic heterocycles. The van der Waals surface area contributed by atoms with Crippen LogP contribution in [0.3, 0.4) is 0 Å². The molecule has 15 heteroatoms. The largest absolute Gasteiger partial charge is 0.450 e. The standard InChI is InChI=1S/C25H14N4O11/c30-25(15-1-7-19(8-2-15)39-23-11-5-17(26(31)32)13-21(23)28(35)36)16-3-9-20(10-4-16)40-24-12-6-18(27(33)34)14-22(24)29(37)38/h1-14H. The lowest BCUT2D eigenvalue weighted by atomic mass is 10.0. The van der Waals surface area contributed by atoms with E-state index in [4.69, 9.17) is 9.47 Å². The summed E-state index contributed by atoms with van der Waals surface area (Å²) in [7, 11) is 0. The van der Waals surface area contributed by atoms with Gasteiger partial charge < -0.3 is 9.47 Å². The van der Waals surface area contributed by atoms with E-state index < -0.39 is 48.2 Å². The van der Waals surface area contributed by atoms with Gasteiger partial charge in [-0.2, -0.15) is 0 Å². The molecule has 0 bridgehead atoms. The maximum Gasteiger partial charge on any atom is 0.318 e. The van der Waals surface area contributed by atoms with Gasteiger partial charge in [-0.25, -0.2) is 0 Å². The number of hydrogen-bond donors (Lipinski definition) is 0. The summed E-state index contributed by atoms with van der Waals surface area (Å²) in [4.78, 5) is 54.1. The molecule has 0 heterocycles. The molecule has 4 rings (SSSR count). The van der Waals surface area contributed by atoms with Crippen LogP contribution in [0.25, 0.3) is 0 Å². The third kappa shape index (κ3) is 5.83. The van der Waals surface area contributed by atoms with Crippen molar-refractivity contribution >= 4 is 28.5 Å². The van der Waals surface area contributed by atoms with Crippen molar-refractivity contribution in [2.75, 3.05) is 0 Å². The highest BCUT2D eigenvalue weighted by molar-refractivity contribution is 6.09. The highest BCUT2D eigenvalue weighted by atomic mass is 16.6. The number of carbonyl (C=O) groups is 1. The Labute approximate surface area is 222 Å². The number of ketones is 1. The highest BCUT2D eigenvalue weighted by Gasteiger charge is 2.23. The van der Waals surface area contributed by atoms with Crippen molar-refractivity contribution in [3.8, 4) is 23.0 Å². The van der Waals surface area contributed by atoms with Crippen LogP contribution in [0.15, 0.2) is 84.9 Å². The molecule has 0 aliphatic carbocycles. The summed E-state index contributed by atoms with van der Waals surface area (Å²) in [6.45, 7) is 0. The van der Waals surface area contributed by atoms with E-state index in [0.717, 1.165) is 36.4 Å². The Morgan fingerprint density at radius 3 is 1.15 bits per heavy atom. The summed E-state index contributed by atoms with van der Waals surface area (Å²) < 4.78 is 11.0. The molecule has 0 fully saturated rings. The number of rotatable bonds is 10. The van der Waals surface area contributed by atoms with Crippen LogP contribution in [0.1, 0.15) is 15.9 Å². The average molecular weight is 546 g/mol. The quantitative estimate of drug-likeness (QED) is 0.125. The maximum absolute atomic E-state index is 12.9. The molecule has 0 saturated heterocycles. The maximum atomic E-state index is 12.9. The smallest absolute Gasteiger partial charge is 0.318 e. The van der Waals surface area contributed by atoms with Gasteiger partial charge in [-0.3, -0.25) is 45.3 Å². The molecular weight excluding hydrogens is 532 g/mol. The summed E-state index contributed by atoms with van der Waals surface area (Å²) in [6, 6.07) is 17.1. The van der Waals surface area contributed by atoms with E-state index in [0.29, 0.717) is 0 Å². The second-order valence-corrected chi connectivity index (χ2v) is 7.91. The molecule has 4 aromatic carbocycles. The molecule has 0 radical (unpaired) electrons. The normalized spacial score (nSPS) is 10.4. The van der Waals surface area contributed by atoms with Crippen molar-refractivity contribution in [1.82, 2.24) is 0 Å². The fourth-order valence-electron chi connectivity index (χ4n) is 3.47. The molecule has 0 unspecified atom stereocenters. The highest BCUT2D eigenvalue weighted by Crippen LogP contribution is 2.36. The summed E-state index contributed by atoms with van der Waals surface area (Å²) in [6.07, 6.45) is 0. The number of nitrogens with zero attached hydrogens (tertiary/aromatic N) is 4. The second kappa shape index (κ2) is 11.0. The third-order valence-corrected chi connectivity index (χ3v) is 5.39. The number of ether oxygens (including phenoxy) is 2. The molecule has 200 valence electrons. The first kappa shape index (κ1) is 26.8. The summed E-state index contributed by atoms with van der Waals surface area (Å²) >= 11 is 0. The Morgan fingerprint density at radius 1 is 0.500 bits per heavy atom.